The van der Waals surface area contributed by atoms with E-state index in [1.165, 1.54) is 17.8 Å². The van der Waals surface area contributed by atoms with E-state index in [1.54, 1.807) is 32.2 Å². The Morgan fingerprint density at radius 3 is 2.77 bits per heavy atom. The Balaban J connectivity index is 2.64. The molecule has 0 aliphatic carbocycles. The van der Waals surface area contributed by atoms with Crippen molar-refractivity contribution in [1.29, 1.82) is 5.26 Å². The van der Waals surface area contributed by atoms with Crippen molar-refractivity contribution in [1.82, 2.24) is 14.8 Å². The first kappa shape index (κ1) is 19.7. The molecule has 136 valence electrons. The van der Waals surface area contributed by atoms with Gasteiger partial charge < -0.3 is 9.79 Å². The summed E-state index contributed by atoms with van der Waals surface area (Å²) in [6.07, 6.45) is 0.576. The quantitative estimate of drug-likeness (QED) is 0.584. The number of phosphoric ester groups is 1. The topological polar surface area (TPSA) is 134 Å². The van der Waals surface area contributed by atoms with Crippen LogP contribution < -0.4 is 0 Å². The predicted octanol–water partition coefficient (Wildman–Crippen LogP) is 2.33. The Labute approximate surface area is 150 Å². The minimum absolute atomic E-state index is 0.193. The number of nitrogens with zero attached hydrogens (tertiary/aromatic N) is 5. The Kier molecular flexibility index (Phi) is 5.85. The molecule has 0 radical (unpaired) electrons. The van der Waals surface area contributed by atoms with Crippen molar-refractivity contribution in [2.75, 3.05) is 7.05 Å². The molecule has 0 spiro atoms. The number of allylic oxidation sites excluding steroid dienone is 1. The van der Waals surface area contributed by atoms with Crippen LogP contribution in [0.1, 0.15) is 35.7 Å². The minimum Gasteiger partial charge on any atom is -0.303 e. The lowest BCUT2D eigenvalue weighted by Crippen LogP contribution is -2.11. The van der Waals surface area contributed by atoms with Crippen LogP contribution in [0.3, 0.4) is 0 Å². The van der Waals surface area contributed by atoms with Crippen LogP contribution in [0.4, 0.5) is 0 Å². The molecule has 2 N–H and O–H groups in total. The van der Waals surface area contributed by atoms with Crippen LogP contribution in [-0.2, 0) is 9.09 Å². The average Bonchev–Trinajstić information content (AvgIpc) is 2.94. The van der Waals surface area contributed by atoms with Crippen LogP contribution in [0.2, 0.25) is 0 Å². The van der Waals surface area contributed by atoms with Gasteiger partial charge in [-0.25, -0.2) is 14.2 Å². The Morgan fingerprint density at radius 1 is 1.54 bits per heavy atom. The smallest absolute Gasteiger partial charge is 0.303 e. The number of aryl methyl sites for hydroxylation is 1. The van der Waals surface area contributed by atoms with E-state index in [4.69, 9.17) is 19.6 Å². The molecule has 0 saturated heterocycles. The first-order chi connectivity index (χ1) is 12.2. The Hall–Kier alpha value is -2.63. The summed E-state index contributed by atoms with van der Waals surface area (Å²) in [5.74, 6) is 0.285. The molecule has 10 heteroatoms. The minimum atomic E-state index is -4.70. The third-order valence-corrected chi connectivity index (χ3v) is 4.05. The number of aliphatic imine (C=N–C) groups is 1. The normalized spacial score (nSPS) is 12.9. The number of hydrogen-bond acceptors (Lipinski definition) is 6. The second kappa shape index (κ2) is 7.72. The van der Waals surface area contributed by atoms with Crippen molar-refractivity contribution in [3.05, 3.63) is 47.4 Å². The van der Waals surface area contributed by atoms with Gasteiger partial charge in [0.2, 0.25) is 0 Å². The van der Waals surface area contributed by atoms with Gasteiger partial charge >= 0.3 is 7.82 Å². The molecule has 9 nitrogen and oxygen atoms in total. The second-order valence-corrected chi connectivity index (χ2v) is 6.65. The van der Waals surface area contributed by atoms with Crippen molar-refractivity contribution in [3.8, 4) is 11.9 Å². The molecule has 0 saturated carbocycles. The predicted molar refractivity (Wildman–Crippen MR) is 95.8 cm³/mol. The van der Waals surface area contributed by atoms with Crippen molar-refractivity contribution in [2.24, 2.45) is 4.99 Å². The Bertz CT molecular complexity index is 954. The molecule has 1 atom stereocenters. The number of aromatic nitrogens is 3. The summed E-state index contributed by atoms with van der Waals surface area (Å²) >= 11 is 0. The summed E-state index contributed by atoms with van der Waals surface area (Å²) in [6, 6.07) is 6.80. The molecule has 2 aromatic rings. The van der Waals surface area contributed by atoms with Crippen LogP contribution in [0, 0.1) is 18.3 Å². The highest BCUT2D eigenvalue weighted by Crippen LogP contribution is 2.43. The molecule has 2 heterocycles. The van der Waals surface area contributed by atoms with Crippen molar-refractivity contribution in [3.63, 3.8) is 0 Å². The zero-order chi connectivity index (χ0) is 19.5. The molecule has 1 unspecified atom stereocenters. The lowest BCUT2D eigenvalue weighted by molar-refractivity contribution is 0.145. The number of rotatable bonds is 6. The highest BCUT2D eigenvalue weighted by Gasteiger charge is 2.24. The van der Waals surface area contributed by atoms with Gasteiger partial charge in [0.05, 0.1) is 11.8 Å². The average molecular weight is 375 g/mol. The fourth-order valence-corrected chi connectivity index (χ4v) is 2.88. The zero-order valence-corrected chi connectivity index (χ0v) is 15.4. The largest absolute Gasteiger partial charge is 0.470 e. The fraction of sp³-hybridized carbons (Fsp3) is 0.250. The summed E-state index contributed by atoms with van der Waals surface area (Å²) in [5.41, 5.74) is 2.28. The first-order valence-electron chi connectivity index (χ1n) is 7.49. The van der Waals surface area contributed by atoms with E-state index in [9.17, 15) is 4.57 Å². The molecule has 0 aromatic carbocycles. The van der Waals surface area contributed by atoms with Gasteiger partial charge in [-0.05, 0) is 26.0 Å². The van der Waals surface area contributed by atoms with E-state index >= 15 is 0 Å². The molecule has 2 rings (SSSR count). The van der Waals surface area contributed by atoms with E-state index in [0.29, 0.717) is 22.5 Å². The third-order valence-electron chi connectivity index (χ3n) is 3.46. The second-order valence-electron chi connectivity index (χ2n) is 5.45. The van der Waals surface area contributed by atoms with Crippen LogP contribution in [0.5, 0.6) is 0 Å². The van der Waals surface area contributed by atoms with E-state index in [0.717, 1.165) is 0 Å². The van der Waals surface area contributed by atoms with Crippen LogP contribution in [-0.4, -0.2) is 37.8 Å². The van der Waals surface area contributed by atoms with Crippen LogP contribution >= 0.6 is 7.82 Å². The highest BCUT2D eigenvalue weighted by atomic mass is 31.2. The number of hydrogen-bond donors (Lipinski definition) is 2. The summed E-state index contributed by atoms with van der Waals surface area (Å²) < 4.78 is 17.4. The van der Waals surface area contributed by atoms with E-state index in [2.05, 4.69) is 21.7 Å². The monoisotopic (exact) mass is 375 g/mol. The third kappa shape index (κ3) is 4.50. The fourth-order valence-electron chi connectivity index (χ4n) is 2.35. The standard InChI is InChI=1S/C16H18N5O4P/c1-10(9-18-4)15-6-5-14(12(3)25-26(22,23)24)16(19-15)21-11(2)7-13(8-17)20-21/h5-7,9,12H,1H2,2-4H3,(H2,22,23,24). The van der Waals surface area contributed by atoms with E-state index in [1.807, 2.05) is 6.07 Å². The summed E-state index contributed by atoms with van der Waals surface area (Å²) in [4.78, 5) is 26.6. The number of phosphoric acid groups is 1. The lowest BCUT2D eigenvalue weighted by Gasteiger charge is -2.18. The zero-order valence-electron chi connectivity index (χ0n) is 14.5. The maximum absolute atomic E-state index is 11.2. The highest BCUT2D eigenvalue weighted by molar-refractivity contribution is 7.46. The molecule has 0 fully saturated rings. The van der Waals surface area contributed by atoms with Gasteiger partial charge in [-0.3, -0.25) is 9.52 Å². The molecule has 0 aliphatic rings. The molecule has 0 bridgehead atoms. The van der Waals surface area contributed by atoms with Crippen molar-refractivity contribution >= 4 is 19.6 Å². The maximum Gasteiger partial charge on any atom is 0.470 e. The summed E-state index contributed by atoms with van der Waals surface area (Å²) in [5, 5.41) is 13.2. The van der Waals surface area contributed by atoms with Crippen LogP contribution in [0.25, 0.3) is 11.4 Å². The number of pyridine rings is 1. The van der Waals surface area contributed by atoms with Crippen LogP contribution in [0.15, 0.2) is 29.8 Å². The van der Waals surface area contributed by atoms with Crippen molar-refractivity contribution < 1.29 is 18.9 Å². The Morgan fingerprint density at radius 2 is 2.23 bits per heavy atom. The molecular weight excluding hydrogens is 357 g/mol. The van der Waals surface area contributed by atoms with E-state index in [-0.39, 0.29) is 11.5 Å². The van der Waals surface area contributed by atoms with Gasteiger partial charge in [-0.15, -0.1) is 0 Å². The number of nitriles is 1. The van der Waals surface area contributed by atoms with Gasteiger partial charge in [0.1, 0.15) is 6.07 Å². The van der Waals surface area contributed by atoms with Gasteiger partial charge in [0.25, 0.3) is 0 Å². The van der Waals surface area contributed by atoms with E-state index < -0.39 is 13.9 Å². The maximum atomic E-state index is 11.2. The first-order valence-corrected chi connectivity index (χ1v) is 9.02. The van der Waals surface area contributed by atoms with Gasteiger partial charge in [0.15, 0.2) is 11.5 Å². The molecule has 2 aromatic heterocycles. The summed E-state index contributed by atoms with van der Waals surface area (Å²) in [6.45, 7) is 7.11. The van der Waals surface area contributed by atoms with Gasteiger partial charge in [-0.2, -0.15) is 10.4 Å². The van der Waals surface area contributed by atoms with Gasteiger partial charge in [-0.1, -0.05) is 12.6 Å². The SMILES string of the molecule is C=C(C=NC)c1ccc(C(C)OP(=O)(O)O)c(-n2nc(C#N)cc2C)n1. The van der Waals surface area contributed by atoms with Gasteiger partial charge in [0, 0.05) is 30.1 Å². The molecular formula is C16H18N5O4P. The van der Waals surface area contributed by atoms with Crippen molar-refractivity contribution in [2.45, 2.75) is 20.0 Å². The lowest BCUT2D eigenvalue weighted by atomic mass is 10.1. The molecule has 26 heavy (non-hydrogen) atoms. The summed E-state index contributed by atoms with van der Waals surface area (Å²) in [7, 11) is -3.10. The molecule has 0 amide bonds. The molecule has 0 aliphatic heterocycles.